The third-order valence-corrected chi connectivity index (χ3v) is 5.61. The van der Waals surface area contributed by atoms with Crippen LogP contribution in [0.25, 0.3) is 11.1 Å². The lowest BCUT2D eigenvalue weighted by molar-refractivity contribution is -0.123. The molecule has 0 spiro atoms. The Bertz CT molecular complexity index is 850. The highest BCUT2D eigenvalue weighted by atomic mass is 16.5. The summed E-state index contributed by atoms with van der Waals surface area (Å²) in [6.07, 6.45) is 3.70. The van der Waals surface area contributed by atoms with Gasteiger partial charge in [0.15, 0.2) is 0 Å². The van der Waals surface area contributed by atoms with Crippen LogP contribution in [-0.2, 0) is 4.79 Å². The van der Waals surface area contributed by atoms with Crippen LogP contribution < -0.4 is 10.1 Å². The first-order valence-corrected chi connectivity index (χ1v) is 9.98. The van der Waals surface area contributed by atoms with Crippen LogP contribution in [0.5, 0.6) is 5.75 Å². The van der Waals surface area contributed by atoms with Gasteiger partial charge in [-0.2, -0.15) is 0 Å². The summed E-state index contributed by atoms with van der Waals surface area (Å²) in [4.78, 5) is 26.6. The number of likely N-dealkylation sites (tertiary alicyclic amines) is 1. The number of carbonyl (C=O) groups is 2. The molecule has 0 radical (unpaired) electrons. The maximum atomic E-state index is 12.8. The predicted molar refractivity (Wildman–Crippen MR) is 108 cm³/mol. The number of amides is 2. The molecule has 1 saturated carbocycles. The van der Waals surface area contributed by atoms with E-state index in [0.717, 1.165) is 42.6 Å². The lowest BCUT2D eigenvalue weighted by atomic mass is 10.0. The van der Waals surface area contributed by atoms with Gasteiger partial charge in [-0.05, 0) is 61.1 Å². The van der Waals surface area contributed by atoms with Crippen molar-refractivity contribution in [3.05, 3.63) is 54.1 Å². The zero-order valence-electron chi connectivity index (χ0n) is 16.2. The molecular weight excluding hydrogens is 352 g/mol. The van der Waals surface area contributed by atoms with Gasteiger partial charge < -0.3 is 15.0 Å². The van der Waals surface area contributed by atoms with Crippen LogP contribution in [0.1, 0.15) is 36.0 Å². The van der Waals surface area contributed by atoms with Gasteiger partial charge in [-0.3, -0.25) is 9.59 Å². The van der Waals surface area contributed by atoms with Gasteiger partial charge in [0.25, 0.3) is 5.91 Å². The number of ether oxygens (including phenoxy) is 1. The summed E-state index contributed by atoms with van der Waals surface area (Å²) < 4.78 is 5.28. The molecule has 0 aromatic heterocycles. The van der Waals surface area contributed by atoms with Crippen molar-refractivity contribution in [2.24, 2.45) is 5.92 Å². The molecule has 2 amide bonds. The van der Waals surface area contributed by atoms with Crippen molar-refractivity contribution in [3.8, 4) is 16.9 Å². The minimum Gasteiger partial charge on any atom is -0.497 e. The Labute approximate surface area is 165 Å². The molecule has 28 heavy (non-hydrogen) atoms. The van der Waals surface area contributed by atoms with Crippen molar-refractivity contribution in [3.63, 3.8) is 0 Å². The van der Waals surface area contributed by atoms with E-state index < -0.39 is 0 Å². The number of nitrogens with one attached hydrogen (secondary N) is 1. The topological polar surface area (TPSA) is 58.6 Å². The van der Waals surface area contributed by atoms with Gasteiger partial charge in [0.2, 0.25) is 5.91 Å². The van der Waals surface area contributed by atoms with E-state index in [2.05, 4.69) is 5.32 Å². The summed E-state index contributed by atoms with van der Waals surface area (Å²) in [5, 5.41) is 3.13. The Morgan fingerprint density at radius 2 is 1.68 bits per heavy atom. The summed E-state index contributed by atoms with van der Waals surface area (Å²) in [6, 6.07) is 15.8. The number of nitrogens with zero attached hydrogens (tertiary/aromatic N) is 1. The first-order chi connectivity index (χ1) is 13.6. The lowest BCUT2D eigenvalue weighted by Crippen LogP contribution is -2.46. The van der Waals surface area contributed by atoms with E-state index in [4.69, 9.17) is 4.74 Å². The average Bonchev–Trinajstić information content (AvgIpc) is 3.59. The van der Waals surface area contributed by atoms with E-state index in [1.54, 1.807) is 7.11 Å². The molecule has 1 saturated heterocycles. The molecule has 0 atom stereocenters. The van der Waals surface area contributed by atoms with E-state index in [-0.39, 0.29) is 23.8 Å². The largest absolute Gasteiger partial charge is 0.497 e. The number of piperidine rings is 1. The molecule has 5 heteroatoms. The number of benzene rings is 2. The summed E-state index contributed by atoms with van der Waals surface area (Å²) in [5.74, 6) is 1.30. The fourth-order valence-electron chi connectivity index (χ4n) is 3.68. The van der Waals surface area contributed by atoms with Crippen LogP contribution >= 0.6 is 0 Å². The van der Waals surface area contributed by atoms with Crippen LogP contribution in [0, 0.1) is 5.92 Å². The zero-order valence-corrected chi connectivity index (χ0v) is 16.2. The normalized spacial score (nSPS) is 17.2. The third-order valence-electron chi connectivity index (χ3n) is 5.61. The monoisotopic (exact) mass is 378 g/mol. The summed E-state index contributed by atoms with van der Waals surface area (Å²) >= 11 is 0. The predicted octanol–water partition coefficient (Wildman–Crippen LogP) is 3.49. The summed E-state index contributed by atoms with van der Waals surface area (Å²) in [5.41, 5.74) is 2.81. The molecular formula is C23H26N2O3. The average molecular weight is 378 g/mol. The smallest absolute Gasteiger partial charge is 0.253 e. The molecule has 1 aliphatic carbocycles. The summed E-state index contributed by atoms with van der Waals surface area (Å²) in [6.45, 7) is 1.37. The Morgan fingerprint density at radius 1 is 0.964 bits per heavy atom. The number of carbonyl (C=O) groups excluding carboxylic acids is 2. The number of hydrogen-bond acceptors (Lipinski definition) is 3. The van der Waals surface area contributed by atoms with Crippen LogP contribution in [0.4, 0.5) is 0 Å². The second-order valence-electron chi connectivity index (χ2n) is 7.66. The van der Waals surface area contributed by atoms with E-state index in [0.29, 0.717) is 18.7 Å². The van der Waals surface area contributed by atoms with Gasteiger partial charge in [-0.25, -0.2) is 0 Å². The second kappa shape index (κ2) is 8.05. The van der Waals surface area contributed by atoms with Crippen molar-refractivity contribution in [1.29, 1.82) is 0 Å². The fourth-order valence-corrected chi connectivity index (χ4v) is 3.68. The second-order valence-corrected chi connectivity index (χ2v) is 7.66. The van der Waals surface area contributed by atoms with Crippen molar-refractivity contribution in [2.45, 2.75) is 31.7 Å². The van der Waals surface area contributed by atoms with E-state index in [1.165, 1.54) is 0 Å². The molecule has 1 aliphatic heterocycles. The number of rotatable bonds is 5. The molecule has 2 fully saturated rings. The highest BCUT2D eigenvalue weighted by Crippen LogP contribution is 2.29. The quantitative estimate of drug-likeness (QED) is 0.866. The molecule has 2 aliphatic rings. The molecule has 2 aromatic carbocycles. The Balaban J connectivity index is 1.35. The van der Waals surface area contributed by atoms with Gasteiger partial charge in [0.05, 0.1) is 7.11 Å². The molecule has 4 rings (SSSR count). The molecule has 0 bridgehead atoms. The Kier molecular flexibility index (Phi) is 5.33. The molecule has 2 aromatic rings. The Morgan fingerprint density at radius 3 is 2.32 bits per heavy atom. The van der Waals surface area contributed by atoms with E-state index >= 15 is 0 Å². The maximum absolute atomic E-state index is 12.8. The Hall–Kier alpha value is -2.82. The van der Waals surface area contributed by atoms with Gasteiger partial charge in [0.1, 0.15) is 5.75 Å². The van der Waals surface area contributed by atoms with Gasteiger partial charge in [0, 0.05) is 30.6 Å². The zero-order chi connectivity index (χ0) is 19.5. The molecule has 0 unspecified atom stereocenters. The minimum absolute atomic E-state index is 0.0594. The van der Waals surface area contributed by atoms with Crippen molar-refractivity contribution in [2.75, 3.05) is 20.2 Å². The van der Waals surface area contributed by atoms with Crippen molar-refractivity contribution < 1.29 is 14.3 Å². The highest BCUT2D eigenvalue weighted by molar-refractivity contribution is 5.94. The number of hydrogen-bond donors (Lipinski definition) is 1. The first-order valence-electron chi connectivity index (χ1n) is 9.98. The summed E-state index contributed by atoms with van der Waals surface area (Å²) in [7, 11) is 1.65. The lowest BCUT2D eigenvalue weighted by Gasteiger charge is -2.32. The third kappa shape index (κ3) is 4.19. The maximum Gasteiger partial charge on any atom is 0.253 e. The van der Waals surface area contributed by atoms with Crippen LogP contribution in [0.3, 0.4) is 0 Å². The van der Waals surface area contributed by atoms with Gasteiger partial charge >= 0.3 is 0 Å². The molecule has 1 heterocycles. The van der Waals surface area contributed by atoms with E-state index in [9.17, 15) is 9.59 Å². The van der Waals surface area contributed by atoms with Gasteiger partial charge in [-0.15, -0.1) is 0 Å². The number of methoxy groups -OCH3 is 1. The fraction of sp³-hybridized carbons (Fsp3) is 0.391. The SMILES string of the molecule is COc1cccc(-c2ccc(C(=O)N3CCC(NC(=O)C4CC4)CC3)cc2)c1. The molecule has 146 valence electrons. The molecule has 1 N–H and O–H groups in total. The highest BCUT2D eigenvalue weighted by Gasteiger charge is 2.32. The van der Waals surface area contributed by atoms with Crippen molar-refractivity contribution >= 4 is 11.8 Å². The van der Waals surface area contributed by atoms with Gasteiger partial charge in [-0.1, -0.05) is 24.3 Å². The standard InChI is InChI=1S/C23H26N2O3/c1-28-21-4-2-3-19(15-21)16-5-9-18(10-6-16)23(27)25-13-11-20(12-14-25)24-22(26)17-7-8-17/h2-6,9-10,15,17,20H,7-8,11-14H2,1H3,(H,24,26). The van der Waals surface area contributed by atoms with E-state index in [1.807, 2.05) is 53.4 Å². The van der Waals surface area contributed by atoms with Crippen molar-refractivity contribution in [1.82, 2.24) is 10.2 Å². The first kappa shape index (κ1) is 18.5. The van der Waals surface area contributed by atoms with Crippen LogP contribution in [0.15, 0.2) is 48.5 Å². The van der Waals surface area contributed by atoms with Crippen LogP contribution in [-0.4, -0.2) is 43.0 Å². The minimum atomic E-state index is 0.0594. The van der Waals surface area contributed by atoms with Crippen LogP contribution in [0.2, 0.25) is 0 Å². The molecule has 5 nitrogen and oxygen atoms in total.